The summed E-state index contributed by atoms with van der Waals surface area (Å²) in [5.41, 5.74) is 4.73. The Morgan fingerprint density at radius 3 is 2.61 bits per heavy atom. The van der Waals surface area contributed by atoms with E-state index in [0.717, 1.165) is 5.92 Å². The molecule has 2 aromatic rings. The summed E-state index contributed by atoms with van der Waals surface area (Å²) in [5.74, 6) is 0.871. The van der Waals surface area contributed by atoms with Gasteiger partial charge in [-0.2, -0.15) is 0 Å². The summed E-state index contributed by atoms with van der Waals surface area (Å²) in [7, 11) is 0. The predicted molar refractivity (Wildman–Crippen MR) is 77.6 cm³/mol. The normalized spacial score (nSPS) is 19.2. The molecule has 90 valence electrons. The minimum Gasteiger partial charge on any atom is -0.0621 e. The first-order valence-corrected chi connectivity index (χ1v) is 7.13. The Hall–Kier alpha value is -1.56. The van der Waals surface area contributed by atoms with Crippen LogP contribution in [-0.2, 0) is 6.42 Å². The van der Waals surface area contributed by atoms with Crippen LogP contribution in [0.25, 0.3) is 16.8 Å². The lowest BCUT2D eigenvalue weighted by Gasteiger charge is -2.09. The first kappa shape index (κ1) is 10.4. The molecule has 0 radical (unpaired) electrons. The molecule has 0 saturated heterocycles. The molecule has 0 aromatic heterocycles. The van der Waals surface area contributed by atoms with E-state index >= 15 is 0 Å². The van der Waals surface area contributed by atoms with Crippen molar-refractivity contribution in [1.29, 1.82) is 0 Å². The highest BCUT2D eigenvalue weighted by Gasteiger charge is 2.24. The molecule has 2 aliphatic carbocycles. The second-order valence-corrected chi connectivity index (χ2v) is 5.74. The maximum atomic E-state index is 2.49. The van der Waals surface area contributed by atoms with E-state index in [9.17, 15) is 0 Å². The van der Waals surface area contributed by atoms with E-state index in [1.807, 2.05) is 0 Å². The van der Waals surface area contributed by atoms with Crippen molar-refractivity contribution in [1.82, 2.24) is 0 Å². The van der Waals surface area contributed by atoms with Gasteiger partial charge in [-0.05, 0) is 47.1 Å². The molecule has 0 unspecified atom stereocenters. The Labute approximate surface area is 108 Å². The zero-order valence-electron chi connectivity index (χ0n) is 10.7. The van der Waals surface area contributed by atoms with Crippen molar-refractivity contribution in [3.8, 4) is 0 Å². The van der Waals surface area contributed by atoms with Crippen LogP contribution in [0.5, 0.6) is 0 Å². The third-order valence-corrected chi connectivity index (χ3v) is 4.66. The van der Waals surface area contributed by atoms with E-state index in [1.54, 1.807) is 5.57 Å². The Morgan fingerprint density at radius 1 is 0.889 bits per heavy atom. The molecule has 1 fully saturated rings. The molecule has 0 heterocycles. The van der Waals surface area contributed by atoms with Crippen LogP contribution in [0.4, 0.5) is 0 Å². The average molecular weight is 234 g/mol. The van der Waals surface area contributed by atoms with E-state index in [2.05, 4.69) is 42.5 Å². The van der Waals surface area contributed by atoms with E-state index in [0.29, 0.717) is 0 Å². The Balaban J connectivity index is 1.83. The Morgan fingerprint density at radius 2 is 1.72 bits per heavy atom. The van der Waals surface area contributed by atoms with Crippen LogP contribution in [0.1, 0.15) is 36.8 Å². The van der Waals surface area contributed by atoms with Gasteiger partial charge in [0.25, 0.3) is 0 Å². The molecule has 4 rings (SSSR count). The van der Waals surface area contributed by atoms with Gasteiger partial charge >= 0.3 is 0 Å². The van der Waals surface area contributed by atoms with Crippen LogP contribution >= 0.6 is 0 Å². The number of rotatable bonds is 1. The lowest BCUT2D eigenvalue weighted by atomic mass is 9.96. The fraction of sp³-hybridized carbons (Fsp3) is 0.333. The fourth-order valence-corrected chi connectivity index (χ4v) is 3.68. The van der Waals surface area contributed by atoms with Crippen LogP contribution in [0.15, 0.2) is 42.0 Å². The van der Waals surface area contributed by atoms with Crippen molar-refractivity contribution in [2.24, 2.45) is 5.92 Å². The van der Waals surface area contributed by atoms with Gasteiger partial charge in [0.2, 0.25) is 0 Å². The third-order valence-electron chi connectivity index (χ3n) is 4.66. The molecule has 0 aliphatic heterocycles. The minimum atomic E-state index is 0.871. The zero-order chi connectivity index (χ0) is 11.9. The van der Waals surface area contributed by atoms with Crippen molar-refractivity contribution < 1.29 is 0 Å². The average Bonchev–Trinajstić information content (AvgIpc) is 3.07. The largest absolute Gasteiger partial charge is 0.0621 e. The lowest BCUT2D eigenvalue weighted by Crippen LogP contribution is -1.97. The van der Waals surface area contributed by atoms with E-state index in [-0.39, 0.29) is 0 Å². The summed E-state index contributed by atoms with van der Waals surface area (Å²) < 4.78 is 0. The van der Waals surface area contributed by atoms with Gasteiger partial charge in [-0.3, -0.25) is 0 Å². The number of allylic oxidation sites excluding steroid dienone is 1. The summed E-state index contributed by atoms with van der Waals surface area (Å²) in [6.07, 6.45) is 9.38. The lowest BCUT2D eigenvalue weighted by molar-refractivity contribution is 0.634. The molecular weight excluding hydrogens is 216 g/mol. The molecule has 18 heavy (non-hydrogen) atoms. The summed E-state index contributed by atoms with van der Waals surface area (Å²) in [6, 6.07) is 13.4. The van der Waals surface area contributed by atoms with Crippen molar-refractivity contribution in [3.63, 3.8) is 0 Å². The van der Waals surface area contributed by atoms with Gasteiger partial charge in [-0.15, -0.1) is 0 Å². The molecule has 0 heteroatoms. The number of fused-ring (bicyclic) bond motifs is 3. The molecule has 1 saturated carbocycles. The molecular formula is C18H18. The van der Waals surface area contributed by atoms with Crippen LogP contribution in [0.2, 0.25) is 0 Å². The molecule has 0 amide bonds. The molecule has 0 nitrogen and oxygen atoms in total. The quantitative estimate of drug-likeness (QED) is 0.653. The van der Waals surface area contributed by atoms with Crippen molar-refractivity contribution in [2.75, 3.05) is 0 Å². The second kappa shape index (κ2) is 3.98. The van der Waals surface area contributed by atoms with Gasteiger partial charge in [-0.25, -0.2) is 0 Å². The van der Waals surface area contributed by atoms with E-state index < -0.39 is 0 Å². The number of hydrogen-bond acceptors (Lipinski definition) is 0. The molecule has 2 aromatic carbocycles. The van der Waals surface area contributed by atoms with Gasteiger partial charge in [0.05, 0.1) is 0 Å². The summed E-state index contributed by atoms with van der Waals surface area (Å²) in [6.45, 7) is 0. The molecule has 2 aliphatic rings. The van der Waals surface area contributed by atoms with Gasteiger partial charge < -0.3 is 0 Å². The highest BCUT2D eigenvalue weighted by molar-refractivity contribution is 5.93. The summed E-state index contributed by atoms with van der Waals surface area (Å²) in [4.78, 5) is 0. The monoisotopic (exact) mass is 234 g/mol. The maximum Gasteiger partial charge on any atom is -0.00548 e. The summed E-state index contributed by atoms with van der Waals surface area (Å²) in [5, 5.41) is 2.81. The Kier molecular flexibility index (Phi) is 2.29. The first-order chi connectivity index (χ1) is 8.92. The topological polar surface area (TPSA) is 0 Å². The number of benzene rings is 2. The minimum absolute atomic E-state index is 0.871. The standard InChI is InChI=1S/C18H18/c1-2-6-13(5-1)16-11-15-10-9-14-7-3-4-8-17(14)18(15)12-16/h3-4,7-10,12-13H,1-2,5-6,11H2. The Bertz CT molecular complexity index is 628. The van der Waals surface area contributed by atoms with Crippen LogP contribution in [0, 0.1) is 5.92 Å². The number of hydrogen-bond donors (Lipinski definition) is 0. The van der Waals surface area contributed by atoms with Crippen LogP contribution in [0.3, 0.4) is 0 Å². The summed E-state index contributed by atoms with van der Waals surface area (Å²) >= 11 is 0. The smallest absolute Gasteiger partial charge is 0.00548 e. The molecule has 0 bridgehead atoms. The van der Waals surface area contributed by atoms with Crippen LogP contribution in [-0.4, -0.2) is 0 Å². The van der Waals surface area contributed by atoms with Gasteiger partial charge in [0.15, 0.2) is 0 Å². The van der Waals surface area contributed by atoms with Crippen molar-refractivity contribution >= 4 is 16.8 Å². The zero-order valence-corrected chi connectivity index (χ0v) is 10.7. The second-order valence-electron chi connectivity index (χ2n) is 5.74. The van der Waals surface area contributed by atoms with E-state index in [4.69, 9.17) is 0 Å². The van der Waals surface area contributed by atoms with Gasteiger partial charge in [0.1, 0.15) is 0 Å². The molecule has 0 atom stereocenters. The SMILES string of the molecule is C1=C(C2CCCC2)Cc2ccc3ccccc3c21. The molecule has 0 N–H and O–H groups in total. The van der Waals surface area contributed by atoms with Crippen LogP contribution < -0.4 is 0 Å². The first-order valence-electron chi connectivity index (χ1n) is 7.13. The van der Waals surface area contributed by atoms with Gasteiger partial charge in [0, 0.05) is 0 Å². The van der Waals surface area contributed by atoms with Crippen molar-refractivity contribution in [2.45, 2.75) is 32.1 Å². The molecule has 0 spiro atoms. The maximum absolute atomic E-state index is 2.49. The predicted octanol–water partition coefficient (Wildman–Crippen LogP) is 4.97. The third kappa shape index (κ3) is 1.52. The highest BCUT2D eigenvalue weighted by atomic mass is 14.3. The fourth-order valence-electron chi connectivity index (χ4n) is 3.68. The van der Waals surface area contributed by atoms with E-state index in [1.165, 1.54) is 54.0 Å². The van der Waals surface area contributed by atoms with Crippen molar-refractivity contribution in [3.05, 3.63) is 53.1 Å². The van der Waals surface area contributed by atoms with Gasteiger partial charge in [-0.1, -0.05) is 60.9 Å². The highest BCUT2D eigenvalue weighted by Crippen LogP contribution is 2.40.